The summed E-state index contributed by atoms with van der Waals surface area (Å²) >= 11 is 0. The van der Waals surface area contributed by atoms with Crippen LogP contribution >= 0.6 is 7.82 Å². The molecule has 0 saturated carbocycles. The predicted molar refractivity (Wildman–Crippen MR) is 256 cm³/mol. The molecule has 356 valence electrons. The average molecular weight is 881 g/mol. The molecule has 0 aromatic rings. The normalized spacial score (nSPS) is 14.4. The van der Waals surface area contributed by atoms with Crippen LogP contribution in [-0.2, 0) is 27.9 Å². The van der Waals surface area contributed by atoms with Gasteiger partial charge >= 0.3 is 13.8 Å². The Balaban J connectivity index is 4.14. The first-order chi connectivity index (χ1) is 29.8. The van der Waals surface area contributed by atoms with E-state index in [0.29, 0.717) is 6.61 Å². The second-order valence-electron chi connectivity index (χ2n) is 16.5. The molecule has 61 heavy (non-hydrogen) atoms. The minimum Gasteiger partial charge on any atom is -0.457 e. The van der Waals surface area contributed by atoms with Crippen molar-refractivity contribution in [2.45, 2.75) is 225 Å². The third-order valence-electron chi connectivity index (χ3n) is 10.5. The maximum atomic E-state index is 12.7. The fourth-order valence-electron chi connectivity index (χ4n) is 6.74. The lowest BCUT2D eigenvalue weighted by molar-refractivity contribution is -0.154. The van der Waals surface area contributed by atoms with E-state index in [-0.39, 0.29) is 25.6 Å². The van der Waals surface area contributed by atoms with E-state index >= 15 is 0 Å². The van der Waals surface area contributed by atoms with Crippen molar-refractivity contribution in [3.05, 3.63) is 60.8 Å². The Hall–Kier alpha value is -1.84. The Kier molecular flexibility index (Phi) is 46.2. The number of hydrogen-bond acceptors (Lipinski definition) is 8. The zero-order valence-electron chi connectivity index (χ0n) is 39.1. The van der Waals surface area contributed by atoms with E-state index in [1.165, 1.54) is 109 Å². The van der Waals surface area contributed by atoms with E-state index in [4.69, 9.17) is 23.6 Å². The Bertz CT molecular complexity index is 1140. The maximum absolute atomic E-state index is 12.7. The van der Waals surface area contributed by atoms with Crippen LogP contribution in [0.1, 0.15) is 213 Å². The summed E-state index contributed by atoms with van der Waals surface area (Å²) in [7, 11) is -4.53. The number of esters is 1. The molecule has 0 amide bonds. The molecule has 3 unspecified atom stereocenters. The molecule has 3 atom stereocenters. The van der Waals surface area contributed by atoms with E-state index < -0.39 is 33.2 Å². The third kappa shape index (κ3) is 47.5. The fraction of sp³-hybridized carbons (Fsp3) is 0.784. The van der Waals surface area contributed by atoms with Crippen LogP contribution in [0.25, 0.3) is 0 Å². The van der Waals surface area contributed by atoms with E-state index in [1.807, 2.05) is 0 Å². The first-order valence-electron chi connectivity index (χ1n) is 24.8. The quantitative estimate of drug-likeness (QED) is 0.0237. The minimum absolute atomic E-state index is 0.0320. The van der Waals surface area contributed by atoms with Gasteiger partial charge in [-0.15, -0.1) is 0 Å². The van der Waals surface area contributed by atoms with Crippen LogP contribution < -0.4 is 0 Å². The molecule has 0 fully saturated rings. The van der Waals surface area contributed by atoms with Gasteiger partial charge in [-0.25, -0.2) is 4.57 Å². The highest BCUT2D eigenvalue weighted by Gasteiger charge is 2.26. The van der Waals surface area contributed by atoms with Crippen LogP contribution in [0.5, 0.6) is 0 Å². The van der Waals surface area contributed by atoms with Crippen molar-refractivity contribution in [1.29, 1.82) is 0 Å². The van der Waals surface area contributed by atoms with E-state index in [1.54, 1.807) is 0 Å². The van der Waals surface area contributed by atoms with Gasteiger partial charge in [0.05, 0.1) is 26.4 Å². The minimum atomic E-state index is -4.53. The fourth-order valence-corrected chi connectivity index (χ4v) is 7.53. The molecule has 0 aromatic carbocycles. The lowest BCUT2D eigenvalue weighted by Gasteiger charge is -2.20. The summed E-state index contributed by atoms with van der Waals surface area (Å²) < 4.78 is 33.5. The SMILES string of the molecule is CC/C=C\C/C=C\C/C=C\C/C=C\C/C=C\CCCCCCOCC(COP(=O)(O)OCC(O)CO)OC(=O)CCCCCCCCCCCCCCCCCCCCCC. The molecule has 0 aliphatic carbocycles. The molecule has 0 bridgehead atoms. The Morgan fingerprint density at radius 2 is 0.934 bits per heavy atom. The molecule has 0 aliphatic rings. The second-order valence-corrected chi connectivity index (χ2v) is 17.9. The van der Waals surface area contributed by atoms with Gasteiger partial charge in [0.15, 0.2) is 0 Å². The summed E-state index contributed by atoms with van der Waals surface area (Å²) in [6.07, 6.45) is 56.1. The number of ether oxygens (including phenoxy) is 2. The van der Waals surface area contributed by atoms with Crippen LogP contribution in [-0.4, -0.2) is 66.3 Å². The second kappa shape index (κ2) is 47.6. The molecular weight excluding hydrogens is 788 g/mol. The van der Waals surface area contributed by atoms with Gasteiger partial charge in [-0.1, -0.05) is 209 Å². The Morgan fingerprint density at radius 3 is 1.41 bits per heavy atom. The number of aliphatic hydroxyl groups excluding tert-OH is 2. The largest absolute Gasteiger partial charge is 0.472 e. The highest BCUT2D eigenvalue weighted by molar-refractivity contribution is 7.47. The lowest BCUT2D eigenvalue weighted by Crippen LogP contribution is -2.29. The highest BCUT2D eigenvalue weighted by Crippen LogP contribution is 2.43. The summed E-state index contributed by atoms with van der Waals surface area (Å²) in [5.74, 6) is -0.390. The van der Waals surface area contributed by atoms with Gasteiger partial charge in [-0.05, 0) is 57.8 Å². The number of carbonyl (C=O) groups excluding carboxylic acids is 1. The van der Waals surface area contributed by atoms with Gasteiger partial charge in [-0.3, -0.25) is 13.8 Å². The Labute approximate surface area is 374 Å². The molecule has 0 heterocycles. The molecular formula is C51H93O9P. The highest BCUT2D eigenvalue weighted by atomic mass is 31.2. The van der Waals surface area contributed by atoms with Crippen molar-refractivity contribution in [3.8, 4) is 0 Å². The molecule has 0 aliphatic heterocycles. The molecule has 0 rings (SSSR count). The van der Waals surface area contributed by atoms with Gasteiger partial charge in [0, 0.05) is 13.0 Å². The maximum Gasteiger partial charge on any atom is 0.472 e. The molecule has 9 nitrogen and oxygen atoms in total. The molecule has 0 spiro atoms. The van der Waals surface area contributed by atoms with Gasteiger partial charge in [0.25, 0.3) is 0 Å². The van der Waals surface area contributed by atoms with Gasteiger partial charge in [-0.2, -0.15) is 0 Å². The number of phosphoric ester groups is 1. The molecule has 3 N–H and O–H groups in total. The zero-order valence-corrected chi connectivity index (χ0v) is 40.0. The summed E-state index contributed by atoms with van der Waals surface area (Å²) in [5, 5.41) is 18.4. The summed E-state index contributed by atoms with van der Waals surface area (Å²) in [6.45, 7) is 3.37. The smallest absolute Gasteiger partial charge is 0.457 e. The number of allylic oxidation sites excluding steroid dienone is 10. The zero-order chi connectivity index (χ0) is 44.6. The van der Waals surface area contributed by atoms with Crippen molar-refractivity contribution in [2.24, 2.45) is 0 Å². The number of rotatable bonds is 47. The first-order valence-corrected chi connectivity index (χ1v) is 26.3. The van der Waals surface area contributed by atoms with Crippen LogP contribution in [0.4, 0.5) is 0 Å². The monoisotopic (exact) mass is 881 g/mol. The van der Waals surface area contributed by atoms with Gasteiger partial charge in [0.1, 0.15) is 12.2 Å². The van der Waals surface area contributed by atoms with Crippen molar-refractivity contribution in [3.63, 3.8) is 0 Å². The van der Waals surface area contributed by atoms with Crippen LogP contribution in [0.2, 0.25) is 0 Å². The van der Waals surface area contributed by atoms with Crippen LogP contribution in [0, 0.1) is 0 Å². The van der Waals surface area contributed by atoms with Gasteiger partial charge < -0.3 is 24.6 Å². The number of phosphoric acid groups is 1. The van der Waals surface area contributed by atoms with Crippen LogP contribution in [0.3, 0.4) is 0 Å². The standard InChI is InChI=1S/C51H93O9P/c1-3-5-7-9-11-13-15-17-19-21-23-25-27-29-31-33-35-37-39-41-43-51(54)60-50(48-59-61(55,56)58-46-49(53)45-52)47-57-44-42-40-38-36-34-32-30-28-26-24-22-20-18-16-14-12-10-8-6-4-2/h6,8,12,14,18,20,24,26,30,32,49-50,52-53H,3-5,7,9-11,13,15-17,19,21-23,25,27-29,31,33-48H2,1-2H3,(H,55,56)/b8-6-,14-12-,20-18-,26-24-,32-30-. The van der Waals surface area contributed by atoms with Crippen molar-refractivity contribution in [1.82, 2.24) is 0 Å². The predicted octanol–water partition coefficient (Wildman–Crippen LogP) is 14.3. The van der Waals surface area contributed by atoms with Crippen LogP contribution in [0.15, 0.2) is 60.8 Å². The first kappa shape index (κ1) is 59.2. The number of unbranched alkanes of at least 4 members (excludes halogenated alkanes) is 23. The van der Waals surface area contributed by atoms with Gasteiger partial charge in [0.2, 0.25) is 0 Å². The number of aliphatic hydroxyl groups is 2. The number of carbonyl (C=O) groups is 1. The molecule has 0 aromatic heterocycles. The molecule has 0 radical (unpaired) electrons. The molecule has 0 saturated heterocycles. The Morgan fingerprint density at radius 1 is 0.525 bits per heavy atom. The molecule has 10 heteroatoms. The van der Waals surface area contributed by atoms with Crippen molar-refractivity contribution >= 4 is 13.8 Å². The van der Waals surface area contributed by atoms with E-state index in [2.05, 4.69) is 74.6 Å². The van der Waals surface area contributed by atoms with Crippen molar-refractivity contribution < 1.29 is 43.0 Å². The number of hydrogen-bond donors (Lipinski definition) is 3. The van der Waals surface area contributed by atoms with E-state index in [0.717, 1.165) is 83.5 Å². The summed E-state index contributed by atoms with van der Waals surface area (Å²) in [5.41, 5.74) is 0. The summed E-state index contributed by atoms with van der Waals surface area (Å²) in [4.78, 5) is 22.7. The topological polar surface area (TPSA) is 132 Å². The van der Waals surface area contributed by atoms with Crippen molar-refractivity contribution in [2.75, 3.05) is 33.0 Å². The lowest BCUT2D eigenvalue weighted by atomic mass is 10.0. The third-order valence-corrected chi connectivity index (χ3v) is 11.4. The average Bonchev–Trinajstić information content (AvgIpc) is 3.25. The van der Waals surface area contributed by atoms with E-state index in [9.17, 15) is 19.4 Å². The summed E-state index contributed by atoms with van der Waals surface area (Å²) in [6, 6.07) is 0.